The van der Waals surface area contributed by atoms with Crippen LogP contribution in [-0.2, 0) is 14.8 Å². The number of nitrogens with zero attached hydrogens (tertiary/aromatic N) is 3. The number of esters is 1. The molecule has 0 unspecified atom stereocenters. The van der Waals surface area contributed by atoms with E-state index >= 15 is 0 Å². The molecule has 0 N–H and O–H groups in total. The zero-order chi connectivity index (χ0) is 24.0. The van der Waals surface area contributed by atoms with Gasteiger partial charge in [-0.25, -0.2) is 13.2 Å². The lowest BCUT2D eigenvalue weighted by Gasteiger charge is -2.33. The molecule has 174 valence electrons. The Kier molecular flexibility index (Phi) is 7.56. The van der Waals surface area contributed by atoms with Crippen molar-refractivity contribution in [2.24, 2.45) is 0 Å². The molecule has 1 saturated heterocycles. The third-order valence-electron chi connectivity index (χ3n) is 5.00. The lowest BCUT2D eigenvalue weighted by molar-refractivity contribution is -0.384. The molecule has 0 bridgehead atoms. The van der Waals surface area contributed by atoms with E-state index < -0.39 is 32.5 Å². The normalized spacial score (nSPS) is 14.9. The van der Waals surface area contributed by atoms with Crippen molar-refractivity contribution < 1.29 is 27.7 Å². The second-order valence-corrected chi connectivity index (χ2v) is 9.01. The van der Waals surface area contributed by atoms with Crippen molar-refractivity contribution in [2.75, 3.05) is 32.8 Å². The number of rotatable bonds is 7. The van der Waals surface area contributed by atoms with E-state index in [1.807, 2.05) is 6.07 Å². The first kappa shape index (κ1) is 24.1. The molecule has 1 aliphatic heterocycles. The maximum atomic E-state index is 12.9. The standard InChI is InChI=1S/C22H23N3O7S/c1-2-32-22(27)19-14-18(15-20(16-19)25(28)29)21(26)23-9-11-24(12-10-23)33(30,31)13-8-17-6-4-3-5-7-17/h3-8,13-16H,2,9-12H2,1H3/b13-8+. The lowest BCUT2D eigenvalue weighted by atomic mass is 10.1. The molecule has 0 aromatic heterocycles. The van der Waals surface area contributed by atoms with Crippen LogP contribution in [0.2, 0.25) is 0 Å². The molecular weight excluding hydrogens is 450 g/mol. The van der Waals surface area contributed by atoms with Gasteiger partial charge in [0.15, 0.2) is 0 Å². The van der Waals surface area contributed by atoms with Gasteiger partial charge < -0.3 is 9.64 Å². The summed E-state index contributed by atoms with van der Waals surface area (Å²) in [5.74, 6) is -1.29. The number of hydrogen-bond acceptors (Lipinski definition) is 7. The highest BCUT2D eigenvalue weighted by Gasteiger charge is 2.29. The van der Waals surface area contributed by atoms with Crippen molar-refractivity contribution in [3.05, 3.63) is 80.7 Å². The average Bonchev–Trinajstić information content (AvgIpc) is 2.83. The summed E-state index contributed by atoms with van der Waals surface area (Å²) in [4.78, 5) is 36.9. The first-order valence-corrected chi connectivity index (χ1v) is 11.7. The van der Waals surface area contributed by atoms with Gasteiger partial charge in [-0.15, -0.1) is 0 Å². The summed E-state index contributed by atoms with van der Waals surface area (Å²) in [5.41, 5.74) is 0.211. The molecule has 33 heavy (non-hydrogen) atoms. The number of nitro groups is 1. The molecule has 1 fully saturated rings. The fourth-order valence-electron chi connectivity index (χ4n) is 3.32. The fourth-order valence-corrected chi connectivity index (χ4v) is 4.49. The zero-order valence-electron chi connectivity index (χ0n) is 17.9. The fraction of sp³-hybridized carbons (Fsp3) is 0.273. The van der Waals surface area contributed by atoms with Crippen molar-refractivity contribution in [1.29, 1.82) is 0 Å². The predicted octanol–water partition coefficient (Wildman–Crippen LogP) is 2.53. The smallest absolute Gasteiger partial charge is 0.338 e. The maximum Gasteiger partial charge on any atom is 0.338 e. The Morgan fingerprint density at radius 2 is 1.70 bits per heavy atom. The van der Waals surface area contributed by atoms with Gasteiger partial charge in [-0.1, -0.05) is 30.3 Å². The molecule has 1 amide bonds. The van der Waals surface area contributed by atoms with Crippen LogP contribution in [0.15, 0.2) is 53.9 Å². The van der Waals surface area contributed by atoms with E-state index in [9.17, 15) is 28.1 Å². The van der Waals surface area contributed by atoms with E-state index in [4.69, 9.17) is 4.74 Å². The van der Waals surface area contributed by atoms with Gasteiger partial charge >= 0.3 is 5.97 Å². The van der Waals surface area contributed by atoms with E-state index in [2.05, 4.69) is 0 Å². The number of carbonyl (C=O) groups excluding carboxylic acids is 2. The molecule has 0 spiro atoms. The van der Waals surface area contributed by atoms with E-state index in [1.54, 1.807) is 31.2 Å². The summed E-state index contributed by atoms with van der Waals surface area (Å²) in [5, 5.41) is 12.4. The molecule has 10 nitrogen and oxygen atoms in total. The molecule has 0 radical (unpaired) electrons. The molecular formula is C22H23N3O7S. The van der Waals surface area contributed by atoms with Crippen molar-refractivity contribution in [1.82, 2.24) is 9.21 Å². The quantitative estimate of drug-likeness (QED) is 0.343. The molecule has 0 saturated carbocycles. The molecule has 2 aromatic rings. The number of sulfonamides is 1. The Morgan fingerprint density at radius 3 is 2.30 bits per heavy atom. The minimum Gasteiger partial charge on any atom is -0.462 e. The number of benzene rings is 2. The van der Waals surface area contributed by atoms with Crippen LogP contribution < -0.4 is 0 Å². The minimum absolute atomic E-state index is 0.0347. The van der Waals surface area contributed by atoms with Crippen molar-refractivity contribution in [2.45, 2.75) is 6.92 Å². The first-order chi connectivity index (χ1) is 15.7. The van der Waals surface area contributed by atoms with Gasteiger partial charge in [-0.3, -0.25) is 14.9 Å². The molecule has 1 heterocycles. The Bertz CT molecular complexity index is 1170. The molecule has 3 rings (SSSR count). The van der Waals surface area contributed by atoms with Crippen molar-refractivity contribution in [3.8, 4) is 0 Å². The molecule has 0 aliphatic carbocycles. The van der Waals surface area contributed by atoms with Crippen LogP contribution in [0.1, 0.15) is 33.2 Å². The monoisotopic (exact) mass is 473 g/mol. The zero-order valence-corrected chi connectivity index (χ0v) is 18.7. The Hall–Kier alpha value is -3.57. The van der Waals surface area contributed by atoms with Gasteiger partial charge in [0.1, 0.15) is 0 Å². The number of ether oxygens (including phenoxy) is 1. The van der Waals surface area contributed by atoms with Crippen molar-refractivity contribution >= 4 is 33.7 Å². The molecule has 2 aromatic carbocycles. The number of hydrogen-bond donors (Lipinski definition) is 0. The van der Waals surface area contributed by atoms with Crippen LogP contribution in [0.5, 0.6) is 0 Å². The number of amides is 1. The predicted molar refractivity (Wildman–Crippen MR) is 121 cm³/mol. The van der Waals surface area contributed by atoms with E-state index in [0.717, 1.165) is 23.1 Å². The Labute approximate surface area is 191 Å². The van der Waals surface area contributed by atoms with E-state index in [1.165, 1.54) is 21.3 Å². The van der Waals surface area contributed by atoms with Crippen LogP contribution in [0.4, 0.5) is 5.69 Å². The highest BCUT2D eigenvalue weighted by molar-refractivity contribution is 7.92. The molecule has 1 aliphatic rings. The Morgan fingerprint density at radius 1 is 1.06 bits per heavy atom. The summed E-state index contributed by atoms with van der Waals surface area (Å²) in [6.45, 7) is 2.05. The third-order valence-corrected chi connectivity index (χ3v) is 6.57. The van der Waals surface area contributed by atoms with Crippen LogP contribution in [0, 0.1) is 10.1 Å². The summed E-state index contributed by atoms with van der Waals surface area (Å²) in [7, 11) is -3.67. The van der Waals surface area contributed by atoms with Gasteiger partial charge in [0, 0.05) is 49.3 Å². The van der Waals surface area contributed by atoms with Crippen LogP contribution in [0.25, 0.3) is 6.08 Å². The number of piperazine rings is 1. The summed E-state index contributed by atoms with van der Waals surface area (Å²) < 4.78 is 31.4. The summed E-state index contributed by atoms with van der Waals surface area (Å²) >= 11 is 0. The maximum absolute atomic E-state index is 12.9. The number of nitro benzene ring substituents is 1. The first-order valence-electron chi connectivity index (χ1n) is 10.2. The number of carbonyl (C=O) groups is 2. The molecule has 0 atom stereocenters. The average molecular weight is 474 g/mol. The van der Waals surface area contributed by atoms with Crippen LogP contribution in [0.3, 0.4) is 0 Å². The van der Waals surface area contributed by atoms with Crippen molar-refractivity contribution in [3.63, 3.8) is 0 Å². The highest BCUT2D eigenvalue weighted by Crippen LogP contribution is 2.21. The minimum atomic E-state index is -3.67. The summed E-state index contributed by atoms with van der Waals surface area (Å²) in [6, 6.07) is 12.4. The largest absolute Gasteiger partial charge is 0.462 e. The number of non-ortho nitro benzene ring substituents is 1. The SMILES string of the molecule is CCOC(=O)c1cc(C(=O)N2CCN(S(=O)(=O)/C=C/c3ccccc3)CC2)cc([N+](=O)[O-])c1. The van der Waals surface area contributed by atoms with Gasteiger partial charge in [0.2, 0.25) is 10.0 Å². The van der Waals surface area contributed by atoms with Gasteiger partial charge in [-0.2, -0.15) is 4.31 Å². The topological polar surface area (TPSA) is 127 Å². The van der Waals surface area contributed by atoms with Crippen LogP contribution >= 0.6 is 0 Å². The van der Waals surface area contributed by atoms with E-state index in [0.29, 0.717) is 0 Å². The highest BCUT2D eigenvalue weighted by atomic mass is 32.2. The van der Waals surface area contributed by atoms with Gasteiger partial charge in [0.25, 0.3) is 11.6 Å². The summed E-state index contributed by atoms with van der Waals surface area (Å²) in [6.07, 6.45) is 1.51. The Balaban J connectivity index is 1.71. The van der Waals surface area contributed by atoms with Crippen LogP contribution in [-0.4, -0.2) is 67.2 Å². The second kappa shape index (κ2) is 10.4. The molecule has 11 heteroatoms. The van der Waals surface area contributed by atoms with Gasteiger partial charge in [0.05, 0.1) is 17.1 Å². The lowest BCUT2D eigenvalue weighted by Crippen LogP contribution is -2.50. The van der Waals surface area contributed by atoms with Gasteiger partial charge in [-0.05, 0) is 24.6 Å². The van der Waals surface area contributed by atoms with E-state index in [-0.39, 0.29) is 43.9 Å². The second-order valence-electron chi connectivity index (χ2n) is 7.20. The third kappa shape index (κ3) is 6.02.